The van der Waals surface area contributed by atoms with Gasteiger partial charge in [-0.05, 0) is 65.5 Å². The van der Waals surface area contributed by atoms with Crippen LogP contribution in [-0.2, 0) is 9.47 Å². The van der Waals surface area contributed by atoms with E-state index in [-0.39, 0.29) is 27.3 Å². The first-order chi connectivity index (χ1) is 14.8. The van der Waals surface area contributed by atoms with Crippen LogP contribution in [0.15, 0.2) is 24.4 Å². The molecule has 174 valence electrons. The molecule has 1 atom stereocenters. The summed E-state index contributed by atoms with van der Waals surface area (Å²) in [4.78, 5) is 22.8. The predicted octanol–water partition coefficient (Wildman–Crippen LogP) is 6.54. The summed E-state index contributed by atoms with van der Waals surface area (Å²) in [5, 5.41) is 0.477. The van der Waals surface area contributed by atoms with Crippen molar-refractivity contribution in [1.29, 1.82) is 0 Å². The summed E-state index contributed by atoms with van der Waals surface area (Å²) in [6, 6.07) is 4.42. The van der Waals surface area contributed by atoms with Crippen molar-refractivity contribution in [2.45, 2.75) is 58.7 Å². The van der Waals surface area contributed by atoms with E-state index >= 15 is 0 Å². The molecule has 1 aliphatic heterocycles. The molecule has 2 aromatic heterocycles. The van der Waals surface area contributed by atoms with Crippen molar-refractivity contribution >= 4 is 35.1 Å². The topological polar surface area (TPSA) is 64.5 Å². The molecule has 32 heavy (non-hydrogen) atoms. The monoisotopic (exact) mass is 483 g/mol. The molecule has 9 heteroatoms. The first-order valence-corrected chi connectivity index (χ1v) is 11.2. The number of ether oxygens (including phenoxy) is 2. The van der Waals surface area contributed by atoms with Crippen LogP contribution in [0.1, 0.15) is 47.5 Å². The second kappa shape index (κ2) is 9.49. The lowest BCUT2D eigenvalue weighted by Gasteiger charge is -2.38. The van der Waals surface area contributed by atoms with E-state index in [1.54, 1.807) is 32.9 Å². The van der Waals surface area contributed by atoms with Crippen molar-refractivity contribution in [3.8, 4) is 11.3 Å². The Hall–Kier alpha value is -1.96. The number of hydrogen-bond donors (Lipinski definition) is 0. The summed E-state index contributed by atoms with van der Waals surface area (Å²) in [6.07, 6.45) is 2.28. The molecule has 0 spiro atoms. The number of rotatable bonds is 4. The second-order valence-electron chi connectivity index (χ2n) is 9.54. The van der Waals surface area contributed by atoms with Gasteiger partial charge in [-0.15, -0.1) is 0 Å². The fraction of sp³-hybridized carbons (Fsp3) is 0.522. The van der Waals surface area contributed by atoms with Gasteiger partial charge in [-0.1, -0.05) is 23.2 Å². The number of carbonyl (C=O) groups is 1. The van der Waals surface area contributed by atoms with Crippen LogP contribution in [0.5, 0.6) is 0 Å². The number of carbonyl (C=O) groups excluding carboxylic acids is 1. The van der Waals surface area contributed by atoms with Gasteiger partial charge in [-0.25, -0.2) is 14.8 Å². The van der Waals surface area contributed by atoms with Gasteiger partial charge in [0.1, 0.15) is 11.4 Å². The van der Waals surface area contributed by atoms with Crippen molar-refractivity contribution in [1.82, 2.24) is 9.97 Å². The molecule has 2 aromatic rings. The van der Waals surface area contributed by atoms with Gasteiger partial charge in [0.05, 0.1) is 21.3 Å². The third-order valence-electron chi connectivity index (χ3n) is 5.04. The normalized spacial score (nSPS) is 18.3. The average molecular weight is 484 g/mol. The van der Waals surface area contributed by atoms with Gasteiger partial charge >= 0.3 is 6.09 Å². The minimum Gasteiger partial charge on any atom is -0.443 e. The molecule has 0 bridgehead atoms. The molecule has 0 saturated carbocycles. The zero-order chi connectivity index (χ0) is 23.7. The summed E-state index contributed by atoms with van der Waals surface area (Å²) in [5.41, 5.74) is -0.404. The van der Waals surface area contributed by atoms with E-state index in [0.29, 0.717) is 24.5 Å². The van der Waals surface area contributed by atoms with E-state index < -0.39 is 17.6 Å². The standard InChI is InChI=1S/C23H28Cl2FN3O3/c1-22(2,3)32-21(30)29(13-14-8-9-31-23(4,5)11-14)19-7-6-16(24)20(28-19)15-10-18(26)27-12-17(15)25/h6-7,10,12,14H,8-9,11,13H2,1-5H3/t14-/m1/s1. The van der Waals surface area contributed by atoms with Gasteiger partial charge in [0.2, 0.25) is 5.95 Å². The highest BCUT2D eigenvalue weighted by Gasteiger charge is 2.33. The Labute approximate surface area is 198 Å². The number of halogens is 3. The third kappa shape index (κ3) is 6.30. The van der Waals surface area contributed by atoms with Gasteiger partial charge in [0.15, 0.2) is 0 Å². The Balaban J connectivity index is 2.00. The molecule has 0 aliphatic carbocycles. The number of aromatic nitrogens is 2. The molecule has 0 unspecified atom stereocenters. The van der Waals surface area contributed by atoms with Crippen LogP contribution in [0, 0.1) is 11.9 Å². The minimum atomic E-state index is -0.707. The maximum atomic E-state index is 13.8. The summed E-state index contributed by atoms with van der Waals surface area (Å²) >= 11 is 12.6. The zero-order valence-corrected chi connectivity index (χ0v) is 20.4. The maximum Gasteiger partial charge on any atom is 0.416 e. The smallest absolute Gasteiger partial charge is 0.416 e. The van der Waals surface area contributed by atoms with Gasteiger partial charge in [-0.3, -0.25) is 4.90 Å². The molecule has 3 rings (SSSR count). The minimum absolute atomic E-state index is 0.189. The summed E-state index contributed by atoms with van der Waals surface area (Å²) in [7, 11) is 0. The lowest BCUT2D eigenvalue weighted by Crippen LogP contribution is -2.44. The van der Waals surface area contributed by atoms with E-state index in [2.05, 4.69) is 9.97 Å². The van der Waals surface area contributed by atoms with Crippen molar-refractivity contribution < 1.29 is 18.7 Å². The van der Waals surface area contributed by atoms with E-state index in [0.717, 1.165) is 12.8 Å². The molecule has 0 aromatic carbocycles. The molecule has 3 heterocycles. The fourth-order valence-corrected chi connectivity index (χ4v) is 4.12. The highest BCUT2D eigenvalue weighted by atomic mass is 35.5. The van der Waals surface area contributed by atoms with Crippen LogP contribution < -0.4 is 4.90 Å². The summed E-state index contributed by atoms with van der Waals surface area (Å²) < 4.78 is 25.3. The largest absolute Gasteiger partial charge is 0.443 e. The van der Waals surface area contributed by atoms with Crippen LogP contribution in [0.3, 0.4) is 0 Å². The molecular formula is C23H28Cl2FN3O3. The number of amides is 1. The molecule has 1 saturated heterocycles. The van der Waals surface area contributed by atoms with E-state index in [9.17, 15) is 9.18 Å². The SMILES string of the molecule is CC(C)(C)OC(=O)N(C[C@@H]1CCOC(C)(C)C1)c1ccc(Cl)c(-c2cc(F)ncc2Cl)n1. The van der Waals surface area contributed by atoms with Crippen molar-refractivity contribution in [2.75, 3.05) is 18.1 Å². The summed E-state index contributed by atoms with van der Waals surface area (Å²) in [5.74, 6) is -0.175. The zero-order valence-electron chi connectivity index (χ0n) is 18.9. The van der Waals surface area contributed by atoms with Crippen LogP contribution in [0.4, 0.5) is 15.0 Å². The Kier molecular flexibility index (Phi) is 7.32. The first kappa shape index (κ1) is 24.7. The number of hydrogen-bond acceptors (Lipinski definition) is 5. The Morgan fingerprint density at radius 3 is 2.69 bits per heavy atom. The highest BCUT2D eigenvalue weighted by Crippen LogP contribution is 2.35. The quantitative estimate of drug-likeness (QED) is 0.462. The van der Waals surface area contributed by atoms with Gasteiger partial charge in [0.25, 0.3) is 0 Å². The Morgan fingerprint density at radius 2 is 2.03 bits per heavy atom. The third-order valence-corrected chi connectivity index (χ3v) is 5.64. The van der Waals surface area contributed by atoms with Crippen molar-refractivity contribution in [3.63, 3.8) is 0 Å². The lowest BCUT2D eigenvalue weighted by molar-refractivity contribution is -0.0710. The van der Waals surface area contributed by atoms with E-state index in [1.807, 2.05) is 13.8 Å². The Morgan fingerprint density at radius 1 is 1.31 bits per heavy atom. The number of nitrogens with zero attached hydrogens (tertiary/aromatic N) is 3. The van der Waals surface area contributed by atoms with Gasteiger partial charge in [0, 0.05) is 31.0 Å². The fourth-order valence-electron chi connectivity index (χ4n) is 3.72. The average Bonchev–Trinajstić information content (AvgIpc) is 2.66. The van der Waals surface area contributed by atoms with Crippen LogP contribution in [-0.4, -0.2) is 40.4 Å². The van der Waals surface area contributed by atoms with E-state index in [4.69, 9.17) is 32.7 Å². The molecule has 1 fully saturated rings. The lowest BCUT2D eigenvalue weighted by atomic mass is 9.88. The van der Waals surface area contributed by atoms with E-state index in [1.165, 1.54) is 17.2 Å². The number of pyridine rings is 2. The summed E-state index contributed by atoms with van der Waals surface area (Å²) in [6.45, 7) is 10.5. The molecule has 1 aliphatic rings. The highest BCUT2D eigenvalue weighted by molar-refractivity contribution is 6.36. The van der Waals surface area contributed by atoms with Gasteiger partial charge < -0.3 is 9.47 Å². The van der Waals surface area contributed by atoms with Crippen LogP contribution >= 0.6 is 23.2 Å². The second-order valence-corrected chi connectivity index (χ2v) is 10.4. The molecule has 0 N–H and O–H groups in total. The van der Waals surface area contributed by atoms with Crippen molar-refractivity contribution in [3.05, 3.63) is 40.4 Å². The molecular weight excluding hydrogens is 456 g/mol. The van der Waals surface area contributed by atoms with Crippen LogP contribution in [0.25, 0.3) is 11.3 Å². The molecule has 1 amide bonds. The maximum absolute atomic E-state index is 13.8. The molecule has 6 nitrogen and oxygen atoms in total. The number of anilines is 1. The Bertz CT molecular complexity index is 995. The first-order valence-electron chi connectivity index (χ1n) is 10.5. The predicted molar refractivity (Wildman–Crippen MR) is 124 cm³/mol. The molecule has 0 radical (unpaired) electrons. The van der Waals surface area contributed by atoms with Crippen molar-refractivity contribution in [2.24, 2.45) is 5.92 Å². The van der Waals surface area contributed by atoms with Gasteiger partial charge in [-0.2, -0.15) is 4.39 Å². The van der Waals surface area contributed by atoms with Crippen LogP contribution in [0.2, 0.25) is 10.0 Å².